The van der Waals surface area contributed by atoms with Crippen molar-refractivity contribution >= 4 is 28.9 Å². The number of fused-ring (bicyclic) bond motifs is 1. The number of hydrogen-bond donors (Lipinski definition) is 2. The molecule has 0 saturated carbocycles. The molecule has 13 nitrogen and oxygen atoms in total. The Bertz CT molecular complexity index is 1820. The molecule has 6 rings (SSSR count). The molecule has 3 aromatic carbocycles. The first-order valence-corrected chi connectivity index (χ1v) is 15.3. The third kappa shape index (κ3) is 6.50. The quantitative estimate of drug-likeness (QED) is 0.135. The number of imidazole rings is 1. The van der Waals surface area contributed by atoms with Crippen LogP contribution >= 0.6 is 0 Å². The highest BCUT2D eigenvalue weighted by Gasteiger charge is 2.44. The van der Waals surface area contributed by atoms with Crippen molar-refractivity contribution in [3.63, 3.8) is 0 Å². The van der Waals surface area contributed by atoms with Crippen LogP contribution in [-0.2, 0) is 29.4 Å². The summed E-state index contributed by atoms with van der Waals surface area (Å²) in [5, 5.41) is 9.13. The lowest BCUT2D eigenvalue weighted by Gasteiger charge is -2.37. The highest BCUT2D eigenvalue weighted by molar-refractivity contribution is 5.81. The Morgan fingerprint density at radius 2 is 1.52 bits per heavy atom. The van der Waals surface area contributed by atoms with Gasteiger partial charge in [0.2, 0.25) is 0 Å². The van der Waals surface area contributed by atoms with Crippen LogP contribution in [0.3, 0.4) is 0 Å². The van der Waals surface area contributed by atoms with E-state index in [9.17, 15) is 9.59 Å². The second-order valence-electron chi connectivity index (χ2n) is 11.2. The molecule has 3 N–H and O–H groups in total. The molecule has 5 aromatic rings. The Labute approximate surface area is 276 Å². The van der Waals surface area contributed by atoms with Crippen molar-refractivity contribution in [1.29, 1.82) is 0 Å². The maximum absolute atomic E-state index is 12.8. The van der Waals surface area contributed by atoms with Gasteiger partial charge in [-0.3, -0.25) is 14.2 Å². The van der Waals surface area contributed by atoms with Gasteiger partial charge in [0.25, 0.3) is 0 Å². The van der Waals surface area contributed by atoms with Gasteiger partial charge in [0.1, 0.15) is 47.4 Å². The average molecular weight is 654 g/mol. The predicted molar refractivity (Wildman–Crippen MR) is 173 cm³/mol. The molecule has 3 atom stereocenters. The van der Waals surface area contributed by atoms with Gasteiger partial charge in [-0.1, -0.05) is 54.6 Å². The fourth-order valence-electron chi connectivity index (χ4n) is 5.94. The number of carbonyl (C=O) groups excluding carboxylic acids is 1. The van der Waals surface area contributed by atoms with E-state index in [1.165, 1.54) is 6.33 Å². The van der Waals surface area contributed by atoms with Crippen LogP contribution in [-0.4, -0.2) is 69.6 Å². The number of aromatic nitrogens is 4. The van der Waals surface area contributed by atoms with Gasteiger partial charge >= 0.3 is 11.9 Å². The minimum atomic E-state index is -1.15. The Morgan fingerprint density at radius 3 is 2.12 bits per heavy atom. The van der Waals surface area contributed by atoms with Crippen molar-refractivity contribution in [2.24, 2.45) is 0 Å². The highest BCUT2D eigenvalue weighted by atomic mass is 16.6. The topological polar surface area (TPSA) is 170 Å². The first-order chi connectivity index (χ1) is 23.3. The first kappa shape index (κ1) is 32.4. The number of carboxylic acids is 1. The minimum Gasteiger partial charge on any atom is -0.497 e. The molecule has 2 aromatic heterocycles. The van der Waals surface area contributed by atoms with Crippen molar-refractivity contribution in [3.05, 3.63) is 108 Å². The van der Waals surface area contributed by atoms with Crippen LogP contribution in [0.2, 0.25) is 0 Å². The fraction of sp³-hybridized carbons (Fsp3) is 0.286. The van der Waals surface area contributed by atoms with Crippen LogP contribution in [0, 0.1) is 0 Å². The second-order valence-corrected chi connectivity index (χ2v) is 11.2. The number of nitrogens with two attached hydrogens (primary N) is 1. The van der Waals surface area contributed by atoms with Crippen molar-refractivity contribution in [2.45, 2.75) is 43.3 Å². The van der Waals surface area contributed by atoms with Gasteiger partial charge in [0.15, 0.2) is 11.5 Å². The lowest BCUT2D eigenvalue weighted by molar-refractivity contribution is -0.157. The smallest absolute Gasteiger partial charge is 0.306 e. The molecule has 0 spiro atoms. The largest absolute Gasteiger partial charge is 0.497 e. The van der Waals surface area contributed by atoms with E-state index in [2.05, 4.69) is 15.0 Å². The monoisotopic (exact) mass is 653 g/mol. The lowest BCUT2D eigenvalue weighted by Crippen LogP contribution is -2.39. The molecule has 1 saturated heterocycles. The number of rotatable bonds is 13. The zero-order chi connectivity index (χ0) is 33.7. The molecule has 13 heteroatoms. The summed E-state index contributed by atoms with van der Waals surface area (Å²) < 4.78 is 32.0. The van der Waals surface area contributed by atoms with Crippen molar-refractivity contribution < 1.29 is 38.4 Å². The molecule has 1 aliphatic heterocycles. The molecule has 0 bridgehead atoms. The van der Waals surface area contributed by atoms with Crippen molar-refractivity contribution in [3.8, 4) is 11.5 Å². The van der Waals surface area contributed by atoms with Gasteiger partial charge in [-0.25, -0.2) is 15.0 Å². The maximum Gasteiger partial charge on any atom is 0.306 e. The van der Waals surface area contributed by atoms with Gasteiger partial charge in [0, 0.05) is 6.42 Å². The number of aliphatic carboxylic acids is 1. The second kappa shape index (κ2) is 14.1. The van der Waals surface area contributed by atoms with E-state index < -0.39 is 36.0 Å². The van der Waals surface area contributed by atoms with E-state index in [1.807, 2.05) is 78.9 Å². The summed E-state index contributed by atoms with van der Waals surface area (Å²) in [6, 6.07) is 25.0. The van der Waals surface area contributed by atoms with Crippen LogP contribution in [0.1, 0.15) is 42.2 Å². The number of carboxylic acid groups (broad SMARTS) is 1. The molecular weight excluding hydrogens is 618 g/mol. The van der Waals surface area contributed by atoms with E-state index in [-0.39, 0.29) is 31.7 Å². The summed E-state index contributed by atoms with van der Waals surface area (Å²) >= 11 is 0. The van der Waals surface area contributed by atoms with Gasteiger partial charge in [-0.2, -0.15) is 0 Å². The van der Waals surface area contributed by atoms with Crippen LogP contribution in [0.25, 0.3) is 11.2 Å². The summed E-state index contributed by atoms with van der Waals surface area (Å²) in [5.74, 6) is -0.162. The van der Waals surface area contributed by atoms with Crippen LogP contribution in [0.5, 0.6) is 11.5 Å². The zero-order valence-corrected chi connectivity index (χ0v) is 26.4. The Hall–Kier alpha value is -5.53. The van der Waals surface area contributed by atoms with E-state index >= 15 is 0 Å². The SMILES string of the molecule is COc1ccc(C(OC[C@H]2O[C@@H](n3cnc4c(N)ncnc43)C[C@@H]2OC(=O)CCC(=O)O)(c2ccccc2)c2ccc(OC)cc2)cc1. The Balaban J connectivity index is 1.39. The molecule has 0 radical (unpaired) electrons. The molecular formula is C35H35N5O8. The number of anilines is 1. The van der Waals surface area contributed by atoms with E-state index in [0.29, 0.717) is 22.7 Å². The van der Waals surface area contributed by atoms with Gasteiger partial charge in [0.05, 0.1) is 40.0 Å². The maximum atomic E-state index is 12.8. The molecule has 0 unspecified atom stereocenters. The summed E-state index contributed by atoms with van der Waals surface area (Å²) in [6.45, 7) is -0.0237. The normalized spacial score (nSPS) is 17.7. The highest BCUT2D eigenvalue weighted by Crippen LogP contribution is 2.43. The molecule has 0 aliphatic carbocycles. The Morgan fingerprint density at radius 1 is 0.896 bits per heavy atom. The molecule has 248 valence electrons. The number of nitrogens with zero attached hydrogens (tertiary/aromatic N) is 4. The van der Waals surface area contributed by atoms with Gasteiger partial charge < -0.3 is 34.5 Å². The summed E-state index contributed by atoms with van der Waals surface area (Å²) in [5.41, 5.74) is 8.22. The summed E-state index contributed by atoms with van der Waals surface area (Å²) in [6.07, 6.45) is 0.282. The van der Waals surface area contributed by atoms with Crippen LogP contribution in [0.15, 0.2) is 91.5 Å². The zero-order valence-electron chi connectivity index (χ0n) is 26.4. The summed E-state index contributed by atoms with van der Waals surface area (Å²) in [4.78, 5) is 36.7. The minimum absolute atomic E-state index is 0.0237. The number of nitrogen functional groups attached to an aromatic ring is 1. The summed E-state index contributed by atoms with van der Waals surface area (Å²) in [7, 11) is 3.21. The van der Waals surface area contributed by atoms with Gasteiger partial charge in [-0.05, 0) is 41.0 Å². The van der Waals surface area contributed by atoms with Crippen LogP contribution < -0.4 is 15.2 Å². The lowest BCUT2D eigenvalue weighted by atomic mass is 9.80. The fourth-order valence-corrected chi connectivity index (χ4v) is 5.94. The number of methoxy groups -OCH3 is 2. The molecule has 1 fully saturated rings. The third-order valence-corrected chi connectivity index (χ3v) is 8.34. The van der Waals surface area contributed by atoms with Crippen molar-refractivity contribution in [1.82, 2.24) is 19.5 Å². The Kier molecular flexibility index (Phi) is 9.50. The van der Waals surface area contributed by atoms with E-state index in [1.54, 1.807) is 25.1 Å². The van der Waals surface area contributed by atoms with Crippen LogP contribution in [0.4, 0.5) is 5.82 Å². The first-order valence-electron chi connectivity index (χ1n) is 15.3. The third-order valence-electron chi connectivity index (χ3n) is 8.34. The number of hydrogen-bond acceptors (Lipinski definition) is 11. The predicted octanol–water partition coefficient (Wildman–Crippen LogP) is 4.50. The molecule has 48 heavy (non-hydrogen) atoms. The van der Waals surface area contributed by atoms with E-state index in [0.717, 1.165) is 16.7 Å². The number of esters is 1. The van der Waals surface area contributed by atoms with Gasteiger partial charge in [-0.15, -0.1) is 0 Å². The van der Waals surface area contributed by atoms with E-state index in [4.69, 9.17) is 34.5 Å². The molecule has 1 aliphatic rings. The molecule has 0 amide bonds. The number of benzene rings is 3. The van der Waals surface area contributed by atoms with Crippen molar-refractivity contribution in [2.75, 3.05) is 26.6 Å². The average Bonchev–Trinajstić information content (AvgIpc) is 3.73. The standard InChI is InChI=1S/C35H35N5O8/c1-44-25-12-8-23(9-13-25)35(22-6-4-3-5-7-22,24-10-14-26(45-2)15-11-24)46-19-28-27(48-31(43)17-16-30(41)42)18-29(47-28)40-21-39-32-33(36)37-20-38-34(32)40/h3-15,20-21,27-29H,16-19H2,1-2H3,(H,41,42)(H2,36,37,38)/t27-,28+,29+/m0/s1. The number of ether oxygens (including phenoxy) is 5. The molecule has 3 heterocycles. The number of carbonyl (C=O) groups is 2.